The van der Waals surface area contributed by atoms with Crippen molar-refractivity contribution in [3.63, 3.8) is 0 Å². The van der Waals surface area contributed by atoms with E-state index in [-0.39, 0.29) is 0 Å². The molecule has 32 heavy (non-hydrogen) atoms. The molecule has 0 aliphatic heterocycles. The van der Waals surface area contributed by atoms with Gasteiger partial charge in [-0.05, 0) is 12.8 Å². The third-order valence-corrected chi connectivity index (χ3v) is 5.84. The fourth-order valence-corrected chi connectivity index (χ4v) is 3.78. The first-order valence-electron chi connectivity index (χ1n) is 13.7. The molecular formula is C26H52N4O2. The lowest BCUT2D eigenvalue weighted by Gasteiger charge is -2.03. The van der Waals surface area contributed by atoms with Gasteiger partial charge in [0.25, 0.3) is 0 Å². The lowest BCUT2D eigenvalue weighted by atomic mass is 10.1. The van der Waals surface area contributed by atoms with Gasteiger partial charge in [-0.3, -0.25) is 0 Å². The van der Waals surface area contributed by atoms with E-state index in [2.05, 4.69) is 34.7 Å². The van der Waals surface area contributed by atoms with E-state index in [0.29, 0.717) is 13.1 Å². The molecule has 0 spiro atoms. The number of hydrogen-bond donors (Lipinski definition) is 2. The average molecular weight is 453 g/mol. The van der Waals surface area contributed by atoms with Gasteiger partial charge in [0, 0.05) is 13.1 Å². The van der Waals surface area contributed by atoms with Gasteiger partial charge in [0.15, 0.2) is 0 Å². The summed E-state index contributed by atoms with van der Waals surface area (Å²) in [4.78, 5) is 23.2. The molecule has 0 aliphatic rings. The summed E-state index contributed by atoms with van der Waals surface area (Å²) >= 11 is 0. The molecule has 0 saturated carbocycles. The highest BCUT2D eigenvalue weighted by Crippen LogP contribution is 2.11. The molecule has 6 nitrogen and oxygen atoms in total. The summed E-state index contributed by atoms with van der Waals surface area (Å²) in [6.45, 7) is 5.67. The minimum absolute atomic E-state index is 0.532. The summed E-state index contributed by atoms with van der Waals surface area (Å²) in [5.74, 6) is 0. The Morgan fingerprint density at radius 1 is 0.438 bits per heavy atom. The number of amides is 4. The SMILES string of the molecule is CCCCCCCCCCCCNC(=O)/N=N/C(=O)NCCCCCCCCCCCC. The van der Waals surface area contributed by atoms with Crippen molar-refractivity contribution in [1.82, 2.24) is 10.6 Å². The van der Waals surface area contributed by atoms with E-state index in [1.165, 1.54) is 103 Å². The second-order valence-electron chi connectivity index (χ2n) is 9.03. The Hall–Kier alpha value is -1.46. The highest BCUT2D eigenvalue weighted by molar-refractivity contribution is 5.79. The zero-order valence-electron chi connectivity index (χ0n) is 21.3. The largest absolute Gasteiger partial charge is 0.359 e. The van der Waals surface area contributed by atoms with Crippen LogP contribution >= 0.6 is 0 Å². The van der Waals surface area contributed by atoms with Gasteiger partial charge in [-0.15, -0.1) is 0 Å². The summed E-state index contributed by atoms with van der Waals surface area (Å²) in [7, 11) is 0. The van der Waals surface area contributed by atoms with Gasteiger partial charge in [0.2, 0.25) is 0 Å². The molecule has 0 fully saturated rings. The molecule has 0 atom stereocenters. The Kier molecular flexibility index (Phi) is 24.6. The normalized spacial score (nSPS) is 11.2. The number of unbranched alkanes of at least 4 members (excludes halogenated alkanes) is 18. The van der Waals surface area contributed by atoms with Crippen molar-refractivity contribution in [2.24, 2.45) is 10.2 Å². The molecule has 188 valence electrons. The Bertz CT molecular complexity index is 415. The van der Waals surface area contributed by atoms with Crippen molar-refractivity contribution < 1.29 is 9.59 Å². The van der Waals surface area contributed by atoms with E-state index >= 15 is 0 Å². The monoisotopic (exact) mass is 452 g/mol. The maximum atomic E-state index is 11.6. The predicted octanol–water partition coefficient (Wildman–Crippen LogP) is 8.70. The van der Waals surface area contributed by atoms with Crippen LogP contribution in [0.4, 0.5) is 9.59 Å². The molecule has 0 bridgehead atoms. The summed E-state index contributed by atoms with van der Waals surface area (Å²) in [5, 5.41) is 12.3. The van der Waals surface area contributed by atoms with E-state index in [4.69, 9.17) is 0 Å². The molecule has 0 rings (SSSR count). The molecule has 2 N–H and O–H groups in total. The van der Waals surface area contributed by atoms with Crippen LogP contribution in [0.5, 0.6) is 0 Å². The number of carbonyl (C=O) groups excluding carboxylic acids is 2. The van der Waals surface area contributed by atoms with Crippen LogP contribution in [0.15, 0.2) is 10.2 Å². The molecule has 4 amide bonds. The molecule has 0 heterocycles. The summed E-state index contributed by atoms with van der Waals surface area (Å²) in [6, 6.07) is -1.06. The average Bonchev–Trinajstić information content (AvgIpc) is 2.79. The lowest BCUT2D eigenvalue weighted by molar-refractivity contribution is 0.241. The number of urea groups is 2. The second kappa shape index (κ2) is 25.8. The fourth-order valence-electron chi connectivity index (χ4n) is 3.78. The highest BCUT2D eigenvalue weighted by atomic mass is 16.2. The van der Waals surface area contributed by atoms with E-state index < -0.39 is 12.1 Å². The molecule has 0 aromatic heterocycles. The molecule has 0 unspecified atom stereocenters. The summed E-state index contributed by atoms with van der Waals surface area (Å²) in [5.41, 5.74) is 0. The molecule has 0 aromatic carbocycles. The Morgan fingerprint density at radius 2 is 0.688 bits per heavy atom. The van der Waals surface area contributed by atoms with E-state index in [9.17, 15) is 9.59 Å². The maximum absolute atomic E-state index is 11.6. The highest BCUT2D eigenvalue weighted by Gasteiger charge is 2.01. The van der Waals surface area contributed by atoms with Gasteiger partial charge >= 0.3 is 12.1 Å². The van der Waals surface area contributed by atoms with Gasteiger partial charge < -0.3 is 10.6 Å². The third kappa shape index (κ3) is 24.8. The zero-order valence-corrected chi connectivity index (χ0v) is 21.3. The van der Waals surface area contributed by atoms with Crippen LogP contribution in [0.1, 0.15) is 142 Å². The van der Waals surface area contributed by atoms with Gasteiger partial charge in [-0.25, -0.2) is 9.59 Å². The van der Waals surface area contributed by atoms with Gasteiger partial charge in [0.1, 0.15) is 0 Å². The first-order valence-corrected chi connectivity index (χ1v) is 13.7. The van der Waals surface area contributed by atoms with Gasteiger partial charge in [0.05, 0.1) is 0 Å². The minimum Gasteiger partial charge on any atom is -0.335 e. The van der Waals surface area contributed by atoms with E-state index in [0.717, 1.165) is 25.7 Å². The molecule has 0 radical (unpaired) electrons. The van der Waals surface area contributed by atoms with Gasteiger partial charge in [-0.1, -0.05) is 140 Å². The first-order chi connectivity index (χ1) is 15.7. The van der Waals surface area contributed by atoms with Crippen molar-refractivity contribution in [2.45, 2.75) is 142 Å². The fraction of sp³-hybridized carbons (Fsp3) is 0.923. The number of rotatable bonds is 22. The number of azo groups is 1. The van der Waals surface area contributed by atoms with Crippen LogP contribution in [0.2, 0.25) is 0 Å². The number of nitrogens with one attached hydrogen (secondary N) is 2. The van der Waals surface area contributed by atoms with Crippen LogP contribution in [0.3, 0.4) is 0 Å². The number of hydrogen-bond acceptors (Lipinski definition) is 2. The first kappa shape index (κ1) is 30.5. The van der Waals surface area contributed by atoms with Gasteiger partial charge in [-0.2, -0.15) is 0 Å². The van der Waals surface area contributed by atoms with E-state index in [1.807, 2.05) is 0 Å². The smallest absolute Gasteiger partial charge is 0.335 e. The molecular weight excluding hydrogens is 400 g/mol. The molecule has 0 aromatic rings. The quantitative estimate of drug-likeness (QED) is 0.127. The summed E-state index contributed by atoms with van der Waals surface area (Å²) < 4.78 is 0. The van der Waals surface area contributed by atoms with Crippen molar-refractivity contribution in [2.75, 3.05) is 13.1 Å². The zero-order chi connectivity index (χ0) is 23.5. The Morgan fingerprint density at radius 3 is 0.969 bits per heavy atom. The van der Waals surface area contributed by atoms with Crippen LogP contribution in [0.25, 0.3) is 0 Å². The van der Waals surface area contributed by atoms with Crippen LogP contribution in [-0.4, -0.2) is 25.2 Å². The minimum atomic E-state index is -0.532. The number of carbonyl (C=O) groups is 2. The lowest BCUT2D eigenvalue weighted by Crippen LogP contribution is -2.23. The van der Waals surface area contributed by atoms with Crippen LogP contribution < -0.4 is 10.6 Å². The van der Waals surface area contributed by atoms with Crippen LogP contribution in [0, 0.1) is 0 Å². The Balaban J connectivity index is 3.39. The third-order valence-electron chi connectivity index (χ3n) is 5.84. The topological polar surface area (TPSA) is 82.9 Å². The summed E-state index contributed by atoms with van der Waals surface area (Å²) in [6.07, 6.45) is 25.2. The number of nitrogens with zero attached hydrogens (tertiary/aromatic N) is 2. The van der Waals surface area contributed by atoms with E-state index in [1.54, 1.807) is 0 Å². The van der Waals surface area contributed by atoms with Crippen molar-refractivity contribution in [3.05, 3.63) is 0 Å². The second-order valence-corrected chi connectivity index (χ2v) is 9.03. The molecule has 0 saturated heterocycles. The maximum Gasteiger partial charge on any atom is 0.359 e. The molecule has 0 aliphatic carbocycles. The van der Waals surface area contributed by atoms with Crippen LogP contribution in [-0.2, 0) is 0 Å². The molecule has 6 heteroatoms. The van der Waals surface area contributed by atoms with Crippen molar-refractivity contribution >= 4 is 12.1 Å². The van der Waals surface area contributed by atoms with Crippen molar-refractivity contribution in [3.8, 4) is 0 Å². The predicted molar refractivity (Wildman–Crippen MR) is 135 cm³/mol. The Labute approximate surface area is 198 Å². The van der Waals surface area contributed by atoms with Crippen molar-refractivity contribution in [1.29, 1.82) is 0 Å². The standard InChI is InChI=1S/C26H52N4O2/c1-3-5-7-9-11-13-15-17-19-21-23-27-25(31)29-30-26(32)28-24-22-20-18-16-14-12-10-8-6-4-2/h3-24H2,1-2H3,(H,27,31)(H,28,32)/b30-29+.